The molecule has 0 heterocycles. The molecule has 74 valence electrons. The normalized spacial score (nSPS) is 17.3. The van der Waals surface area contributed by atoms with Gasteiger partial charge >= 0.3 is 0 Å². The van der Waals surface area contributed by atoms with Crippen LogP contribution in [-0.4, -0.2) is 47.7 Å². The maximum absolute atomic E-state index is 10.5. The maximum Gasteiger partial charge on any atom is 0.269 e. The molecule has 12 heavy (non-hydrogen) atoms. The summed E-state index contributed by atoms with van der Waals surface area (Å²) >= 11 is 0. The highest BCUT2D eigenvalue weighted by atomic mass is 32.2. The number of aliphatic hydroxyl groups is 2. The Morgan fingerprint density at radius 1 is 1.42 bits per heavy atom. The average molecular weight is 199 g/mol. The Kier molecular flexibility index (Phi) is 4.64. The Bertz CT molecular complexity index is 214. The van der Waals surface area contributed by atoms with Crippen molar-refractivity contribution >= 4 is 10.1 Å². The molecule has 0 amide bonds. The lowest BCUT2D eigenvalue weighted by molar-refractivity contribution is 0.0872. The van der Waals surface area contributed by atoms with Gasteiger partial charge in [0.15, 0.2) is 0 Å². The summed E-state index contributed by atoms with van der Waals surface area (Å²) in [7, 11) is -4.22. The molecule has 0 aromatic carbocycles. The topological polar surface area (TPSA) is 121 Å². The van der Waals surface area contributed by atoms with Gasteiger partial charge < -0.3 is 15.9 Å². The third-order valence-corrected chi connectivity index (χ3v) is 2.66. The fraction of sp³-hybridized carbons (Fsp3) is 1.00. The van der Waals surface area contributed by atoms with Crippen molar-refractivity contribution in [2.45, 2.75) is 17.8 Å². The second kappa shape index (κ2) is 4.73. The molecule has 0 aliphatic carbocycles. The summed E-state index contributed by atoms with van der Waals surface area (Å²) in [6.07, 6.45) is -1.42. The average Bonchev–Trinajstić information content (AvgIpc) is 1.97. The zero-order valence-corrected chi connectivity index (χ0v) is 7.24. The molecule has 6 nitrogen and oxygen atoms in total. The van der Waals surface area contributed by atoms with Gasteiger partial charge in [-0.1, -0.05) is 0 Å². The summed E-state index contributed by atoms with van der Waals surface area (Å²) < 4.78 is 29.5. The first kappa shape index (κ1) is 11.8. The highest BCUT2D eigenvalue weighted by Crippen LogP contribution is 2.05. The Morgan fingerprint density at radius 3 is 2.17 bits per heavy atom. The minimum absolute atomic E-state index is 0.258. The number of hydrogen-bond donors (Lipinski definition) is 4. The summed E-state index contributed by atoms with van der Waals surface area (Å²) in [5.74, 6) is 0. The third kappa shape index (κ3) is 3.98. The van der Waals surface area contributed by atoms with E-state index in [-0.39, 0.29) is 13.0 Å². The van der Waals surface area contributed by atoms with E-state index in [1.165, 1.54) is 0 Å². The van der Waals surface area contributed by atoms with E-state index in [1.54, 1.807) is 0 Å². The molecule has 7 heteroatoms. The van der Waals surface area contributed by atoms with E-state index in [2.05, 4.69) is 0 Å². The van der Waals surface area contributed by atoms with Crippen LogP contribution in [-0.2, 0) is 10.1 Å². The quantitative estimate of drug-likeness (QED) is 0.378. The van der Waals surface area contributed by atoms with Crippen molar-refractivity contribution in [1.82, 2.24) is 0 Å². The number of rotatable bonds is 5. The van der Waals surface area contributed by atoms with Crippen molar-refractivity contribution in [2.75, 3.05) is 13.2 Å². The molecule has 2 unspecified atom stereocenters. The fourth-order valence-corrected chi connectivity index (χ4v) is 1.43. The van der Waals surface area contributed by atoms with Crippen molar-refractivity contribution in [3.8, 4) is 0 Å². The van der Waals surface area contributed by atoms with Crippen LogP contribution in [0.3, 0.4) is 0 Å². The van der Waals surface area contributed by atoms with Crippen LogP contribution in [0.1, 0.15) is 6.42 Å². The SMILES string of the molecule is NCC(CC(O)CO)S(=O)(=O)O. The van der Waals surface area contributed by atoms with Crippen molar-refractivity contribution < 1.29 is 23.2 Å². The van der Waals surface area contributed by atoms with E-state index in [0.29, 0.717) is 0 Å². The minimum Gasteiger partial charge on any atom is -0.394 e. The summed E-state index contributed by atoms with van der Waals surface area (Å²) in [4.78, 5) is 0. The van der Waals surface area contributed by atoms with Crippen LogP contribution in [0, 0.1) is 0 Å². The highest BCUT2D eigenvalue weighted by molar-refractivity contribution is 7.86. The van der Waals surface area contributed by atoms with E-state index in [0.717, 1.165) is 0 Å². The largest absolute Gasteiger partial charge is 0.394 e. The smallest absolute Gasteiger partial charge is 0.269 e. The molecule has 0 fully saturated rings. The van der Waals surface area contributed by atoms with Crippen LogP contribution in [0.4, 0.5) is 0 Å². The van der Waals surface area contributed by atoms with Gasteiger partial charge in [0.25, 0.3) is 10.1 Å². The predicted octanol–water partition coefficient (Wildman–Crippen LogP) is -2.06. The van der Waals surface area contributed by atoms with Crippen LogP contribution in [0.15, 0.2) is 0 Å². The van der Waals surface area contributed by atoms with Crippen molar-refractivity contribution in [1.29, 1.82) is 0 Å². The molecule has 0 bridgehead atoms. The van der Waals surface area contributed by atoms with Gasteiger partial charge in [-0.15, -0.1) is 0 Å². The standard InChI is InChI=1S/C5H13NO5S/c6-2-5(12(9,10)11)1-4(8)3-7/h4-5,7-8H,1-3,6H2,(H,9,10,11). The Labute approximate surface area is 70.8 Å². The Morgan fingerprint density at radius 2 is 1.92 bits per heavy atom. The Balaban J connectivity index is 4.20. The summed E-state index contributed by atoms with van der Waals surface area (Å²) in [6.45, 7) is -0.831. The summed E-state index contributed by atoms with van der Waals surface area (Å²) in [5.41, 5.74) is 5.03. The van der Waals surface area contributed by atoms with Gasteiger partial charge in [-0.3, -0.25) is 4.55 Å². The lowest BCUT2D eigenvalue weighted by Crippen LogP contribution is -2.34. The first-order chi connectivity index (χ1) is 5.41. The number of hydrogen-bond acceptors (Lipinski definition) is 5. The van der Waals surface area contributed by atoms with Crippen LogP contribution in [0.5, 0.6) is 0 Å². The first-order valence-electron chi connectivity index (χ1n) is 3.37. The molecular weight excluding hydrogens is 186 g/mol. The van der Waals surface area contributed by atoms with Gasteiger partial charge in [0.05, 0.1) is 12.7 Å². The molecule has 0 saturated carbocycles. The van der Waals surface area contributed by atoms with E-state index in [4.69, 9.17) is 20.5 Å². The van der Waals surface area contributed by atoms with Crippen LogP contribution < -0.4 is 5.73 Å². The summed E-state index contributed by atoms with van der Waals surface area (Å²) in [6, 6.07) is 0. The lowest BCUT2D eigenvalue weighted by Gasteiger charge is -2.13. The number of aliphatic hydroxyl groups excluding tert-OH is 2. The molecule has 0 aromatic rings. The molecule has 2 atom stereocenters. The van der Waals surface area contributed by atoms with Gasteiger partial charge in [0.1, 0.15) is 5.25 Å². The van der Waals surface area contributed by atoms with Gasteiger partial charge in [-0.05, 0) is 6.42 Å². The molecular formula is C5H13NO5S. The van der Waals surface area contributed by atoms with Crippen LogP contribution in [0.25, 0.3) is 0 Å². The molecule has 0 spiro atoms. The van der Waals surface area contributed by atoms with Gasteiger partial charge in [0.2, 0.25) is 0 Å². The summed E-state index contributed by atoms with van der Waals surface area (Å²) in [5, 5.41) is 16.0. The van der Waals surface area contributed by atoms with E-state index >= 15 is 0 Å². The molecule has 0 aliphatic heterocycles. The minimum atomic E-state index is -4.22. The molecule has 0 radical (unpaired) electrons. The molecule has 5 N–H and O–H groups in total. The zero-order chi connectivity index (χ0) is 9.78. The monoisotopic (exact) mass is 199 g/mol. The van der Waals surface area contributed by atoms with Gasteiger partial charge in [0, 0.05) is 6.54 Å². The highest BCUT2D eigenvalue weighted by Gasteiger charge is 2.23. The second-order valence-corrected chi connectivity index (χ2v) is 4.14. The third-order valence-electron chi connectivity index (χ3n) is 1.43. The lowest BCUT2D eigenvalue weighted by atomic mass is 10.2. The maximum atomic E-state index is 10.5. The molecule has 0 saturated heterocycles. The predicted molar refractivity (Wildman–Crippen MR) is 42.1 cm³/mol. The van der Waals surface area contributed by atoms with Crippen molar-refractivity contribution in [2.24, 2.45) is 5.73 Å². The van der Waals surface area contributed by atoms with E-state index in [9.17, 15) is 8.42 Å². The van der Waals surface area contributed by atoms with Gasteiger partial charge in [-0.2, -0.15) is 8.42 Å². The molecule has 0 aromatic heterocycles. The number of nitrogens with two attached hydrogens (primary N) is 1. The van der Waals surface area contributed by atoms with E-state index < -0.39 is 28.1 Å². The molecule has 0 aliphatic rings. The van der Waals surface area contributed by atoms with Crippen molar-refractivity contribution in [3.05, 3.63) is 0 Å². The second-order valence-electron chi connectivity index (χ2n) is 2.44. The first-order valence-corrected chi connectivity index (χ1v) is 4.87. The van der Waals surface area contributed by atoms with E-state index in [1.807, 2.05) is 0 Å². The Hall–Kier alpha value is -0.210. The van der Waals surface area contributed by atoms with Crippen molar-refractivity contribution in [3.63, 3.8) is 0 Å². The fourth-order valence-electron chi connectivity index (χ4n) is 0.717. The zero-order valence-electron chi connectivity index (χ0n) is 6.42. The van der Waals surface area contributed by atoms with Crippen LogP contribution in [0.2, 0.25) is 0 Å². The molecule has 0 rings (SSSR count). The van der Waals surface area contributed by atoms with Gasteiger partial charge in [-0.25, -0.2) is 0 Å². The van der Waals surface area contributed by atoms with Crippen LogP contribution >= 0.6 is 0 Å².